The molecule has 4 nitrogen and oxygen atoms in total. The molecule has 1 fully saturated rings. The molecule has 0 bridgehead atoms. The predicted octanol–water partition coefficient (Wildman–Crippen LogP) is 6.58. The average molecular weight is 530 g/mol. The molecule has 0 unspecified atom stereocenters. The molecular formula is C24H17BrFNO3S2. The molecule has 0 aliphatic carbocycles. The molecule has 1 aliphatic rings. The third-order valence-electron chi connectivity index (χ3n) is 4.66. The summed E-state index contributed by atoms with van der Waals surface area (Å²) >= 11 is 10.00. The van der Waals surface area contributed by atoms with Crippen LogP contribution in [-0.2, 0) is 11.4 Å². The molecule has 1 heterocycles. The molecule has 0 atom stereocenters. The van der Waals surface area contributed by atoms with Crippen molar-refractivity contribution in [2.24, 2.45) is 0 Å². The lowest BCUT2D eigenvalue weighted by molar-refractivity contribution is -0.113. The molecule has 8 heteroatoms. The SMILES string of the molecule is COc1cc(/C=C2\SC(=S)N(c3ccccc3F)C2=O)cc(Br)c1OCc1ccccc1. The highest BCUT2D eigenvalue weighted by atomic mass is 79.9. The van der Waals surface area contributed by atoms with Crippen molar-refractivity contribution in [2.45, 2.75) is 6.61 Å². The van der Waals surface area contributed by atoms with E-state index >= 15 is 0 Å². The second-order valence-electron chi connectivity index (χ2n) is 6.78. The number of thioether (sulfide) groups is 1. The van der Waals surface area contributed by atoms with Crippen molar-refractivity contribution in [2.75, 3.05) is 12.0 Å². The van der Waals surface area contributed by atoms with Crippen LogP contribution in [0.25, 0.3) is 6.08 Å². The van der Waals surface area contributed by atoms with Gasteiger partial charge >= 0.3 is 0 Å². The van der Waals surface area contributed by atoms with Gasteiger partial charge in [-0.05, 0) is 57.4 Å². The zero-order valence-electron chi connectivity index (χ0n) is 16.9. The fourth-order valence-corrected chi connectivity index (χ4v) is 5.01. The maximum Gasteiger partial charge on any atom is 0.270 e. The van der Waals surface area contributed by atoms with E-state index in [2.05, 4.69) is 15.9 Å². The normalized spacial score (nSPS) is 14.8. The van der Waals surface area contributed by atoms with Gasteiger partial charge in [-0.15, -0.1) is 0 Å². The number of halogens is 2. The third-order valence-corrected chi connectivity index (χ3v) is 6.55. The minimum atomic E-state index is -0.505. The fraction of sp³-hybridized carbons (Fsp3) is 0.0833. The Labute approximate surface area is 203 Å². The first-order valence-electron chi connectivity index (χ1n) is 9.54. The summed E-state index contributed by atoms with van der Waals surface area (Å²) in [6, 6.07) is 19.5. The quantitative estimate of drug-likeness (QED) is 0.266. The first-order chi connectivity index (χ1) is 15.5. The van der Waals surface area contributed by atoms with Crippen LogP contribution in [0.4, 0.5) is 10.1 Å². The van der Waals surface area contributed by atoms with Gasteiger partial charge in [0.2, 0.25) is 0 Å². The molecule has 0 saturated carbocycles. The van der Waals surface area contributed by atoms with E-state index in [0.717, 1.165) is 22.9 Å². The van der Waals surface area contributed by atoms with E-state index in [1.54, 1.807) is 31.4 Å². The number of hydrogen-bond acceptors (Lipinski definition) is 5. The third kappa shape index (κ3) is 4.72. The van der Waals surface area contributed by atoms with Crippen LogP contribution >= 0.6 is 39.9 Å². The standard InChI is InChI=1S/C24H17BrFNO3S2/c1-29-20-12-16(11-17(25)22(20)30-14-15-7-3-2-4-8-15)13-21-23(28)27(24(31)32-21)19-10-6-5-9-18(19)26/h2-13H,14H2,1H3/b21-13-. The van der Waals surface area contributed by atoms with E-state index in [1.807, 2.05) is 36.4 Å². The zero-order valence-corrected chi connectivity index (χ0v) is 20.1. The Morgan fingerprint density at radius 2 is 1.84 bits per heavy atom. The lowest BCUT2D eigenvalue weighted by Crippen LogP contribution is -2.28. The Kier molecular flexibility index (Phi) is 6.93. The molecule has 0 N–H and O–H groups in total. The summed E-state index contributed by atoms with van der Waals surface area (Å²) in [6.07, 6.45) is 1.70. The van der Waals surface area contributed by atoms with Crippen LogP contribution in [0, 0.1) is 5.82 Å². The second-order valence-corrected chi connectivity index (χ2v) is 9.31. The number of thiocarbonyl (C=S) groups is 1. The summed E-state index contributed by atoms with van der Waals surface area (Å²) in [7, 11) is 1.55. The van der Waals surface area contributed by atoms with Gasteiger partial charge < -0.3 is 9.47 Å². The minimum absolute atomic E-state index is 0.141. The number of rotatable bonds is 6. The Balaban J connectivity index is 1.60. The summed E-state index contributed by atoms with van der Waals surface area (Å²) in [6.45, 7) is 0.385. The van der Waals surface area contributed by atoms with Crippen molar-refractivity contribution in [3.05, 3.63) is 93.1 Å². The lowest BCUT2D eigenvalue weighted by atomic mass is 10.1. The maximum absolute atomic E-state index is 14.2. The molecule has 1 saturated heterocycles. The minimum Gasteiger partial charge on any atom is -0.493 e. The maximum atomic E-state index is 14.2. The molecule has 0 spiro atoms. The summed E-state index contributed by atoms with van der Waals surface area (Å²) < 4.78 is 26.6. The number of anilines is 1. The van der Waals surface area contributed by atoms with Gasteiger partial charge in [0.1, 0.15) is 12.4 Å². The van der Waals surface area contributed by atoms with E-state index in [0.29, 0.717) is 27.5 Å². The van der Waals surface area contributed by atoms with Gasteiger partial charge in [-0.25, -0.2) is 4.39 Å². The van der Waals surface area contributed by atoms with Crippen LogP contribution < -0.4 is 14.4 Å². The van der Waals surface area contributed by atoms with Gasteiger partial charge in [0.25, 0.3) is 5.91 Å². The van der Waals surface area contributed by atoms with E-state index in [1.165, 1.54) is 17.0 Å². The zero-order chi connectivity index (χ0) is 22.7. The fourth-order valence-electron chi connectivity index (χ4n) is 3.15. The van der Waals surface area contributed by atoms with Crippen molar-refractivity contribution < 1.29 is 18.7 Å². The van der Waals surface area contributed by atoms with E-state index < -0.39 is 5.82 Å². The predicted molar refractivity (Wildman–Crippen MR) is 134 cm³/mol. The van der Waals surface area contributed by atoms with Gasteiger partial charge in [-0.1, -0.05) is 66.4 Å². The first kappa shape index (κ1) is 22.5. The Hall–Kier alpha value is -2.68. The number of amides is 1. The number of methoxy groups -OCH3 is 1. The highest BCUT2D eigenvalue weighted by Crippen LogP contribution is 2.40. The molecular weight excluding hydrogens is 513 g/mol. The molecule has 0 radical (unpaired) electrons. The Bertz CT molecular complexity index is 1220. The molecule has 32 heavy (non-hydrogen) atoms. The van der Waals surface area contributed by atoms with Crippen molar-refractivity contribution in [3.8, 4) is 11.5 Å². The van der Waals surface area contributed by atoms with Crippen molar-refractivity contribution in [1.82, 2.24) is 0 Å². The van der Waals surface area contributed by atoms with Crippen molar-refractivity contribution in [1.29, 1.82) is 0 Å². The topological polar surface area (TPSA) is 38.8 Å². The lowest BCUT2D eigenvalue weighted by Gasteiger charge is -2.15. The van der Waals surface area contributed by atoms with Crippen LogP contribution in [0.3, 0.4) is 0 Å². The molecule has 0 aromatic heterocycles. The molecule has 4 rings (SSSR count). The number of carbonyl (C=O) groups excluding carboxylic acids is 1. The highest BCUT2D eigenvalue weighted by Gasteiger charge is 2.34. The Morgan fingerprint density at radius 3 is 2.56 bits per heavy atom. The smallest absolute Gasteiger partial charge is 0.270 e. The number of carbonyl (C=O) groups is 1. The van der Waals surface area contributed by atoms with Crippen LogP contribution in [-0.4, -0.2) is 17.3 Å². The largest absolute Gasteiger partial charge is 0.493 e. The molecule has 1 aliphatic heterocycles. The van der Waals surface area contributed by atoms with Crippen LogP contribution in [0.15, 0.2) is 76.1 Å². The van der Waals surface area contributed by atoms with Crippen molar-refractivity contribution >= 4 is 61.9 Å². The summed E-state index contributed by atoms with van der Waals surface area (Å²) in [5.74, 6) is 0.206. The summed E-state index contributed by atoms with van der Waals surface area (Å²) in [5, 5.41) is 0. The van der Waals surface area contributed by atoms with Crippen LogP contribution in [0.2, 0.25) is 0 Å². The molecule has 3 aromatic rings. The Morgan fingerprint density at radius 1 is 1.12 bits per heavy atom. The first-order valence-corrected chi connectivity index (χ1v) is 11.6. The second kappa shape index (κ2) is 9.85. The summed E-state index contributed by atoms with van der Waals surface area (Å²) in [4.78, 5) is 14.6. The van der Waals surface area contributed by atoms with Crippen LogP contribution in [0.1, 0.15) is 11.1 Å². The average Bonchev–Trinajstić information content (AvgIpc) is 3.06. The number of ether oxygens (including phenoxy) is 2. The number of para-hydroxylation sites is 1. The van der Waals surface area contributed by atoms with Gasteiger partial charge in [-0.2, -0.15) is 0 Å². The molecule has 162 valence electrons. The number of nitrogens with zero attached hydrogens (tertiary/aromatic N) is 1. The van der Waals surface area contributed by atoms with Gasteiger partial charge in [0.15, 0.2) is 15.8 Å². The molecule has 3 aromatic carbocycles. The van der Waals surface area contributed by atoms with Crippen molar-refractivity contribution in [3.63, 3.8) is 0 Å². The number of hydrogen-bond donors (Lipinski definition) is 0. The molecule has 1 amide bonds. The highest BCUT2D eigenvalue weighted by molar-refractivity contribution is 9.10. The van der Waals surface area contributed by atoms with E-state index in [9.17, 15) is 9.18 Å². The van der Waals surface area contributed by atoms with E-state index in [4.69, 9.17) is 21.7 Å². The van der Waals surface area contributed by atoms with Gasteiger partial charge in [0, 0.05) is 0 Å². The summed E-state index contributed by atoms with van der Waals surface area (Å²) in [5.41, 5.74) is 1.89. The van der Waals surface area contributed by atoms with Gasteiger partial charge in [-0.3, -0.25) is 9.69 Å². The monoisotopic (exact) mass is 529 g/mol. The van der Waals surface area contributed by atoms with Gasteiger partial charge in [0.05, 0.1) is 22.2 Å². The van der Waals surface area contributed by atoms with Crippen LogP contribution in [0.5, 0.6) is 11.5 Å². The van der Waals surface area contributed by atoms with E-state index in [-0.39, 0.29) is 15.9 Å². The number of benzene rings is 3.